The standard InChI is InChI=1S/C13H16N2O4/c16-8-10(11(17)18)14-12(19)15-13(6-7-13)9-4-2-1-3-5-9/h1-5,10,16H,6-8H2,(H,17,18)(H2,14,15,19). The number of amides is 2. The van der Waals surface area contributed by atoms with E-state index in [4.69, 9.17) is 10.2 Å². The van der Waals surface area contributed by atoms with Crippen LogP contribution in [0.1, 0.15) is 18.4 Å². The van der Waals surface area contributed by atoms with Crippen molar-refractivity contribution in [3.63, 3.8) is 0 Å². The van der Waals surface area contributed by atoms with Crippen LogP contribution in [0.4, 0.5) is 4.79 Å². The monoisotopic (exact) mass is 264 g/mol. The van der Waals surface area contributed by atoms with Gasteiger partial charge in [0.1, 0.15) is 0 Å². The van der Waals surface area contributed by atoms with E-state index in [1.807, 2.05) is 30.3 Å². The van der Waals surface area contributed by atoms with Gasteiger partial charge in [-0.15, -0.1) is 0 Å². The van der Waals surface area contributed by atoms with Crippen LogP contribution in [0.15, 0.2) is 30.3 Å². The van der Waals surface area contributed by atoms with Gasteiger partial charge in [-0.25, -0.2) is 9.59 Å². The van der Waals surface area contributed by atoms with Gasteiger partial charge in [0.25, 0.3) is 0 Å². The van der Waals surface area contributed by atoms with E-state index in [2.05, 4.69) is 10.6 Å². The first kappa shape index (κ1) is 13.4. The van der Waals surface area contributed by atoms with Crippen molar-refractivity contribution >= 4 is 12.0 Å². The highest BCUT2D eigenvalue weighted by Gasteiger charge is 2.45. The van der Waals surface area contributed by atoms with E-state index in [-0.39, 0.29) is 0 Å². The van der Waals surface area contributed by atoms with E-state index >= 15 is 0 Å². The van der Waals surface area contributed by atoms with Crippen molar-refractivity contribution in [3.05, 3.63) is 35.9 Å². The fourth-order valence-electron chi connectivity index (χ4n) is 1.97. The SMILES string of the molecule is O=C(NC(CO)C(=O)O)NC1(c2ccccc2)CC1. The molecule has 1 aliphatic rings. The first-order valence-electron chi connectivity index (χ1n) is 6.05. The predicted octanol–water partition coefficient (Wildman–Crippen LogP) is 0.420. The maximum absolute atomic E-state index is 11.7. The normalized spacial score (nSPS) is 17.3. The molecule has 1 unspecified atom stereocenters. The van der Waals surface area contributed by atoms with E-state index in [9.17, 15) is 9.59 Å². The lowest BCUT2D eigenvalue weighted by atomic mass is 10.1. The molecule has 0 heterocycles. The number of nitrogens with one attached hydrogen (secondary N) is 2. The molecule has 19 heavy (non-hydrogen) atoms. The highest BCUT2D eigenvalue weighted by molar-refractivity contribution is 5.83. The number of hydrogen-bond acceptors (Lipinski definition) is 3. The molecule has 0 aromatic heterocycles. The topological polar surface area (TPSA) is 98.7 Å². The van der Waals surface area contributed by atoms with Gasteiger partial charge >= 0.3 is 12.0 Å². The fraction of sp³-hybridized carbons (Fsp3) is 0.385. The molecule has 2 rings (SSSR count). The molecule has 0 bridgehead atoms. The second kappa shape index (κ2) is 5.27. The van der Waals surface area contributed by atoms with Gasteiger partial charge in [-0.05, 0) is 18.4 Å². The van der Waals surface area contributed by atoms with Crippen LogP contribution < -0.4 is 10.6 Å². The van der Waals surface area contributed by atoms with Crippen LogP contribution in [0.5, 0.6) is 0 Å². The highest BCUT2D eigenvalue weighted by Crippen LogP contribution is 2.45. The Labute approximate surface area is 110 Å². The third kappa shape index (κ3) is 3.03. The number of carboxylic acids is 1. The molecule has 0 aliphatic heterocycles. The van der Waals surface area contributed by atoms with Crippen LogP contribution in [0.2, 0.25) is 0 Å². The van der Waals surface area contributed by atoms with Gasteiger partial charge in [-0.1, -0.05) is 30.3 Å². The summed E-state index contributed by atoms with van der Waals surface area (Å²) < 4.78 is 0. The summed E-state index contributed by atoms with van der Waals surface area (Å²) in [4.78, 5) is 22.5. The van der Waals surface area contributed by atoms with Crippen molar-refractivity contribution in [2.24, 2.45) is 0 Å². The minimum atomic E-state index is -1.29. The smallest absolute Gasteiger partial charge is 0.328 e. The summed E-state index contributed by atoms with van der Waals surface area (Å²) in [6.07, 6.45) is 1.64. The molecular weight excluding hydrogens is 248 g/mol. The van der Waals surface area contributed by atoms with Crippen molar-refractivity contribution in [1.82, 2.24) is 10.6 Å². The van der Waals surface area contributed by atoms with Crippen molar-refractivity contribution < 1.29 is 19.8 Å². The Kier molecular flexibility index (Phi) is 3.71. The number of aliphatic hydroxyl groups excluding tert-OH is 1. The lowest BCUT2D eigenvalue weighted by molar-refractivity contribution is -0.140. The Morgan fingerprint density at radius 3 is 2.37 bits per heavy atom. The van der Waals surface area contributed by atoms with Crippen molar-refractivity contribution in [3.8, 4) is 0 Å². The molecule has 102 valence electrons. The fourth-order valence-corrected chi connectivity index (χ4v) is 1.97. The maximum Gasteiger partial charge on any atom is 0.328 e. The molecule has 4 N–H and O–H groups in total. The summed E-state index contributed by atoms with van der Waals surface area (Å²) in [5.41, 5.74) is 0.602. The second-order valence-corrected chi connectivity index (χ2v) is 4.62. The Morgan fingerprint density at radius 1 is 1.26 bits per heavy atom. The molecule has 0 saturated heterocycles. The Balaban J connectivity index is 1.98. The zero-order valence-corrected chi connectivity index (χ0v) is 10.3. The van der Waals surface area contributed by atoms with Gasteiger partial charge in [0.2, 0.25) is 0 Å². The van der Waals surface area contributed by atoms with Crippen molar-refractivity contribution in [2.75, 3.05) is 6.61 Å². The third-order valence-electron chi connectivity index (χ3n) is 3.22. The minimum Gasteiger partial charge on any atom is -0.480 e. The molecule has 1 atom stereocenters. The average Bonchev–Trinajstić information content (AvgIpc) is 3.17. The van der Waals surface area contributed by atoms with Crippen LogP contribution in [0.3, 0.4) is 0 Å². The first-order chi connectivity index (χ1) is 9.07. The molecule has 0 radical (unpaired) electrons. The summed E-state index contributed by atoms with van der Waals surface area (Å²) in [6.45, 7) is -0.638. The Hall–Kier alpha value is -2.08. The summed E-state index contributed by atoms with van der Waals surface area (Å²) >= 11 is 0. The Morgan fingerprint density at radius 2 is 1.89 bits per heavy atom. The summed E-state index contributed by atoms with van der Waals surface area (Å²) in [5.74, 6) is -1.26. The quantitative estimate of drug-likeness (QED) is 0.619. The zero-order chi connectivity index (χ0) is 13.9. The number of carboxylic acid groups (broad SMARTS) is 1. The van der Waals surface area contributed by atoms with E-state index in [1.165, 1.54) is 0 Å². The number of aliphatic hydroxyl groups is 1. The number of benzene rings is 1. The molecular formula is C13H16N2O4. The van der Waals surface area contributed by atoms with Gasteiger partial charge in [0.15, 0.2) is 6.04 Å². The number of urea groups is 1. The van der Waals surface area contributed by atoms with Crippen LogP contribution in [-0.2, 0) is 10.3 Å². The molecule has 1 aliphatic carbocycles. The van der Waals surface area contributed by atoms with Gasteiger partial charge in [0, 0.05) is 0 Å². The van der Waals surface area contributed by atoms with Gasteiger partial charge < -0.3 is 20.8 Å². The van der Waals surface area contributed by atoms with Crippen LogP contribution in [-0.4, -0.2) is 34.9 Å². The summed E-state index contributed by atoms with van der Waals surface area (Å²) in [6, 6.07) is 7.66. The van der Waals surface area contributed by atoms with E-state index in [1.54, 1.807) is 0 Å². The van der Waals surface area contributed by atoms with Gasteiger partial charge in [0.05, 0.1) is 12.1 Å². The van der Waals surface area contributed by atoms with Gasteiger partial charge in [-0.3, -0.25) is 0 Å². The van der Waals surface area contributed by atoms with E-state index in [0.29, 0.717) is 0 Å². The lowest BCUT2D eigenvalue weighted by Crippen LogP contribution is -2.50. The molecule has 1 saturated carbocycles. The second-order valence-electron chi connectivity index (χ2n) is 4.62. The van der Waals surface area contributed by atoms with Crippen LogP contribution in [0.25, 0.3) is 0 Å². The molecule has 6 nitrogen and oxygen atoms in total. The molecule has 2 amide bonds. The largest absolute Gasteiger partial charge is 0.480 e. The number of carbonyl (C=O) groups excluding carboxylic acids is 1. The molecule has 1 aromatic carbocycles. The number of rotatable bonds is 5. The average molecular weight is 264 g/mol. The van der Waals surface area contributed by atoms with Crippen LogP contribution >= 0.6 is 0 Å². The van der Waals surface area contributed by atoms with E-state index < -0.39 is 30.2 Å². The number of hydrogen-bond donors (Lipinski definition) is 4. The molecule has 6 heteroatoms. The number of aliphatic carboxylic acids is 1. The molecule has 1 aromatic rings. The predicted molar refractivity (Wildman–Crippen MR) is 67.5 cm³/mol. The van der Waals surface area contributed by atoms with E-state index in [0.717, 1.165) is 18.4 Å². The van der Waals surface area contributed by atoms with Crippen LogP contribution in [0, 0.1) is 0 Å². The zero-order valence-electron chi connectivity index (χ0n) is 10.3. The number of carbonyl (C=O) groups is 2. The summed E-state index contributed by atoms with van der Waals surface area (Å²) in [5, 5.41) is 22.6. The maximum atomic E-state index is 11.7. The lowest BCUT2D eigenvalue weighted by Gasteiger charge is -2.20. The molecule has 1 fully saturated rings. The Bertz CT molecular complexity index is 471. The first-order valence-corrected chi connectivity index (χ1v) is 6.05. The van der Waals surface area contributed by atoms with Crippen molar-refractivity contribution in [1.29, 1.82) is 0 Å². The van der Waals surface area contributed by atoms with Gasteiger partial charge in [-0.2, -0.15) is 0 Å². The molecule has 0 spiro atoms. The summed E-state index contributed by atoms with van der Waals surface area (Å²) in [7, 11) is 0. The third-order valence-corrected chi connectivity index (χ3v) is 3.22. The van der Waals surface area contributed by atoms with Crippen molar-refractivity contribution in [2.45, 2.75) is 24.4 Å². The minimum absolute atomic E-state index is 0.399. The highest BCUT2D eigenvalue weighted by atomic mass is 16.4.